The van der Waals surface area contributed by atoms with Crippen molar-refractivity contribution < 1.29 is 88.3 Å². The highest BCUT2D eigenvalue weighted by molar-refractivity contribution is 7.22. The van der Waals surface area contributed by atoms with Crippen LogP contribution in [0.3, 0.4) is 0 Å². The highest BCUT2D eigenvalue weighted by Gasteiger charge is 2.84. The number of aryl methyl sites for hydroxylation is 1. The van der Waals surface area contributed by atoms with Crippen molar-refractivity contribution in [3.63, 3.8) is 0 Å². The summed E-state index contributed by atoms with van der Waals surface area (Å²) in [5, 5.41) is 84.0. The number of hydrogen-bond donors (Lipinski definition) is 9. The van der Waals surface area contributed by atoms with E-state index in [9.17, 15) is 69.3 Å². The summed E-state index contributed by atoms with van der Waals surface area (Å²) in [4.78, 5) is 103. The van der Waals surface area contributed by atoms with Crippen molar-refractivity contribution in [3.8, 4) is 16.9 Å². The third kappa shape index (κ3) is 12.7. The normalized spacial score (nSPS) is 27.6. The van der Waals surface area contributed by atoms with E-state index < -0.39 is 97.9 Å². The lowest BCUT2D eigenvalue weighted by molar-refractivity contribution is -0.271. The first-order valence-electron chi connectivity index (χ1n) is 33.0. The van der Waals surface area contributed by atoms with Gasteiger partial charge in [-0.05, 0) is 146 Å². The van der Waals surface area contributed by atoms with Crippen LogP contribution in [-0.4, -0.2) is 195 Å². The Morgan fingerprint density at radius 2 is 1.65 bits per heavy atom. The summed E-state index contributed by atoms with van der Waals surface area (Å²) in [5.74, 6) is -4.44. The van der Waals surface area contributed by atoms with Crippen molar-refractivity contribution in [1.29, 1.82) is 0 Å². The SMILES string of the molecule is Cc1c(-c2ccc(N3CCc4cccc(C(=O)Nc5nc6ccccc6s5)c4C3)nc2C(=O)O)cnn1CC12CC3(OCCN(CC[C@H](O)CO)C(=O)OCc4ccc(CCCNC(=O)CN5C(=O)C=CC5=O)cc4O[C@@H]4O[C@H](C(=O)O)[C@@H](O)[C@H](O)[C@H]4O)CC4(C)CC(C)(C1)C4(C2)C3. The van der Waals surface area contributed by atoms with E-state index in [1.54, 1.807) is 30.5 Å². The molecule has 7 aliphatic rings. The Hall–Kier alpha value is -8.74. The largest absolute Gasteiger partial charge is 0.479 e. The van der Waals surface area contributed by atoms with Crippen LogP contribution in [0.1, 0.15) is 114 Å². The van der Waals surface area contributed by atoms with Crippen LogP contribution >= 0.6 is 11.3 Å². The van der Waals surface area contributed by atoms with Gasteiger partial charge in [0.05, 0.1) is 41.3 Å². The van der Waals surface area contributed by atoms with Crippen LogP contribution in [0.25, 0.3) is 21.3 Å². The summed E-state index contributed by atoms with van der Waals surface area (Å²) in [6.07, 6.45) is -1.35. The molecule has 6 heterocycles. The molecule has 3 bridgehead atoms. The number of aliphatic hydroxyl groups excluding tert-OH is 5. The summed E-state index contributed by atoms with van der Waals surface area (Å²) < 4.78 is 27.5. The number of carboxylic acids is 2. The average molecular weight is 1370 g/mol. The average Bonchev–Trinajstić information content (AvgIpc) is 1.46. The molecule has 1 saturated heterocycles. The number of pyridine rings is 1. The minimum Gasteiger partial charge on any atom is -0.479 e. The van der Waals surface area contributed by atoms with E-state index in [0.29, 0.717) is 78.5 Å². The number of carbonyl (C=O) groups is 7. The summed E-state index contributed by atoms with van der Waals surface area (Å²) in [5.41, 5.74) is 4.84. The zero-order valence-electron chi connectivity index (χ0n) is 54.4. The molecule has 1 spiro atoms. The number of thiazole rings is 1. The maximum Gasteiger partial charge on any atom is 0.410 e. The molecule has 3 aromatic carbocycles. The lowest BCUT2D eigenvalue weighted by Gasteiger charge is -2.64. The number of amides is 5. The third-order valence-corrected chi connectivity index (χ3v) is 22.5. The lowest BCUT2D eigenvalue weighted by atomic mass is 9.40. The van der Waals surface area contributed by atoms with E-state index in [2.05, 4.69) is 29.5 Å². The molecule has 5 unspecified atom stereocenters. The molecule has 3 aliphatic heterocycles. The number of imide groups is 1. The molecular weight excluding hydrogens is 1290 g/mol. The molecule has 5 amide bonds. The number of hydrogen-bond acceptors (Lipinski definition) is 21. The second kappa shape index (κ2) is 26.5. The van der Waals surface area contributed by atoms with Crippen LogP contribution < -0.4 is 20.3 Å². The molecule has 5 fully saturated rings. The Kier molecular flexibility index (Phi) is 18.3. The Labute approximate surface area is 567 Å². The first-order valence-corrected chi connectivity index (χ1v) is 33.8. The van der Waals surface area contributed by atoms with Crippen LogP contribution in [0.5, 0.6) is 5.75 Å². The molecule has 4 aliphatic carbocycles. The van der Waals surface area contributed by atoms with E-state index in [4.69, 9.17) is 29.0 Å². The Balaban J connectivity index is 0.684. The first-order chi connectivity index (χ1) is 46.8. The number of carboxylic acid groups (broad SMARTS) is 2. The second-order valence-corrected chi connectivity index (χ2v) is 29.1. The Morgan fingerprint density at radius 1 is 0.867 bits per heavy atom. The van der Waals surface area contributed by atoms with Crippen LogP contribution in [0.2, 0.25) is 0 Å². The van der Waals surface area contributed by atoms with Gasteiger partial charge in [-0.25, -0.2) is 24.4 Å². The molecule has 6 aromatic rings. The number of fused-ring (bicyclic) bond motifs is 4. The fourth-order valence-electron chi connectivity index (χ4n) is 17.4. The quantitative estimate of drug-likeness (QED) is 0.0251. The van der Waals surface area contributed by atoms with E-state index in [1.807, 2.05) is 59.0 Å². The zero-order valence-corrected chi connectivity index (χ0v) is 55.2. The van der Waals surface area contributed by atoms with Gasteiger partial charge >= 0.3 is 18.0 Å². The number of anilines is 2. The van der Waals surface area contributed by atoms with Gasteiger partial charge in [0.2, 0.25) is 12.2 Å². The molecule has 28 heteroatoms. The summed E-state index contributed by atoms with van der Waals surface area (Å²) >= 11 is 1.40. The van der Waals surface area contributed by atoms with Crippen molar-refractivity contribution in [2.24, 2.45) is 21.7 Å². The second-order valence-electron chi connectivity index (χ2n) is 28.0. The van der Waals surface area contributed by atoms with E-state index in [-0.39, 0.29) is 77.2 Å². The first kappa shape index (κ1) is 67.8. The fraction of sp³-hybridized carbons (Fsp3) is 0.486. The number of carbonyl (C=O) groups excluding carboxylic acids is 5. The fourth-order valence-corrected chi connectivity index (χ4v) is 18.3. The van der Waals surface area contributed by atoms with E-state index in [1.165, 1.54) is 22.3 Å². The number of aromatic carboxylic acids is 1. The van der Waals surface area contributed by atoms with Gasteiger partial charge in [-0.15, -0.1) is 0 Å². The minimum absolute atomic E-state index is 0.00704. The Morgan fingerprint density at radius 3 is 2.42 bits per heavy atom. The predicted molar refractivity (Wildman–Crippen MR) is 351 cm³/mol. The number of aliphatic hydroxyl groups is 5. The predicted octanol–water partition coefficient (Wildman–Crippen LogP) is 5.14. The number of ether oxygens (including phenoxy) is 4. The molecule has 518 valence electrons. The summed E-state index contributed by atoms with van der Waals surface area (Å²) in [6.45, 7) is 6.89. The minimum atomic E-state index is -2.00. The summed E-state index contributed by atoms with van der Waals surface area (Å²) in [7, 11) is 0. The Bertz CT molecular complexity index is 4150. The van der Waals surface area contributed by atoms with Crippen LogP contribution in [0.15, 0.2) is 91.1 Å². The van der Waals surface area contributed by atoms with E-state index >= 15 is 0 Å². The third-order valence-electron chi connectivity index (χ3n) is 21.6. The van der Waals surface area contributed by atoms with Gasteiger partial charge in [-0.3, -0.25) is 34.1 Å². The maximum absolute atomic E-state index is 14.3. The summed E-state index contributed by atoms with van der Waals surface area (Å²) in [6, 6.07) is 21.8. The molecular formula is C70H79N9O18S. The number of para-hydroxylation sites is 1. The smallest absolute Gasteiger partial charge is 0.410 e. The zero-order chi connectivity index (χ0) is 69.2. The number of benzene rings is 3. The highest BCUT2D eigenvalue weighted by Crippen LogP contribution is 2.89. The van der Waals surface area contributed by atoms with Crippen molar-refractivity contribution in [1.82, 2.24) is 34.9 Å². The number of nitrogens with one attached hydrogen (secondary N) is 2. The van der Waals surface area contributed by atoms with Gasteiger partial charge in [0, 0.05) is 79.4 Å². The van der Waals surface area contributed by atoms with Crippen LogP contribution in [0, 0.1) is 28.6 Å². The van der Waals surface area contributed by atoms with Gasteiger partial charge < -0.3 is 69.8 Å². The standard InChI is InChI=1S/C70H79N9O18S/c1-39-46(44-15-16-51(74-55(44)61(89)90)77-22-19-41-9-6-10-45(47(41)28-77)60(88)75-64-73-48-11-4-5-12-50(48)98-64)27-72-79(39)38-68-33-66(2)32-67(3)34-69(35-68,37-70(66,67)36-68)95-25-24-76(23-20-43(81)30-80)65(93)94-31-42-14-13-40(8-7-21-71-52(82)29-78-53(83)17-18-54(78)84)26-49(42)96-63-58(87)56(85)57(86)59(97-63)62(91)92/h4-6,9-18,26-27,43,56-59,63,80-81,85-87H,7-8,19-25,28-38H2,1-3H3,(H,71,82)(H,89,90)(H,91,92)(H,73,75,88)/t43-,56-,57-,58+,59-,63+,66?,67?,68?,69?,70?/m0/s1. The molecule has 27 nitrogen and oxygen atoms in total. The van der Waals surface area contributed by atoms with Crippen LogP contribution in [-0.2, 0) is 65.9 Å². The van der Waals surface area contributed by atoms with Crippen LogP contribution in [0.4, 0.5) is 15.7 Å². The highest BCUT2D eigenvalue weighted by atomic mass is 32.1. The molecule has 4 saturated carbocycles. The van der Waals surface area contributed by atoms with Crippen molar-refractivity contribution in [2.75, 3.05) is 56.2 Å². The molecule has 3 aromatic heterocycles. The number of rotatable bonds is 26. The number of nitrogens with zero attached hydrogens (tertiary/aromatic N) is 7. The molecule has 9 N–H and O–H groups in total. The molecule has 0 radical (unpaired) electrons. The maximum atomic E-state index is 14.3. The van der Waals surface area contributed by atoms with Gasteiger partial charge in [0.1, 0.15) is 43.0 Å². The monoisotopic (exact) mass is 1370 g/mol. The van der Waals surface area contributed by atoms with Crippen molar-refractivity contribution >= 4 is 74.2 Å². The molecule has 13 rings (SSSR count). The van der Waals surface area contributed by atoms with Gasteiger partial charge in [-0.2, -0.15) is 5.10 Å². The van der Waals surface area contributed by atoms with E-state index in [0.717, 1.165) is 76.2 Å². The number of aromatic nitrogens is 4. The topological polar surface area (TPSA) is 375 Å². The number of aliphatic carboxylic acids is 1. The molecule has 98 heavy (non-hydrogen) atoms. The van der Waals surface area contributed by atoms with Gasteiger partial charge in [-0.1, -0.05) is 61.6 Å². The van der Waals surface area contributed by atoms with Crippen molar-refractivity contribution in [3.05, 3.63) is 130 Å². The van der Waals surface area contributed by atoms with Gasteiger partial charge in [0.25, 0.3) is 17.7 Å². The van der Waals surface area contributed by atoms with Gasteiger partial charge in [0.15, 0.2) is 16.9 Å². The lowest BCUT2D eigenvalue weighted by Crippen LogP contribution is -2.61. The van der Waals surface area contributed by atoms with Crippen molar-refractivity contribution in [2.45, 2.75) is 147 Å². The molecule has 11 atom stereocenters.